The van der Waals surface area contributed by atoms with E-state index in [-0.39, 0.29) is 23.4 Å². The standard InChI is InChI=1S/C12H12N2O6S/c1-6(15)20-4-3-14-9(16)7-5-8(11(17)18)21-10(7)13(2)12(14)19/h5H,3-4H2,1-2H3,(H,17,18). The molecule has 0 fully saturated rings. The smallest absolute Gasteiger partial charge is 0.345 e. The van der Waals surface area contributed by atoms with Crippen LogP contribution in [0.2, 0.25) is 0 Å². The van der Waals surface area contributed by atoms with Crippen molar-refractivity contribution in [1.82, 2.24) is 9.13 Å². The Hall–Kier alpha value is -2.42. The van der Waals surface area contributed by atoms with Gasteiger partial charge in [-0.3, -0.25) is 18.7 Å². The van der Waals surface area contributed by atoms with Crippen LogP contribution in [0.3, 0.4) is 0 Å². The third-order valence-electron chi connectivity index (χ3n) is 2.84. The van der Waals surface area contributed by atoms with Gasteiger partial charge in [0.1, 0.15) is 16.3 Å². The lowest BCUT2D eigenvalue weighted by atomic mass is 10.3. The summed E-state index contributed by atoms with van der Waals surface area (Å²) in [6, 6.07) is 1.24. The molecule has 2 aromatic rings. The molecular weight excluding hydrogens is 300 g/mol. The highest BCUT2D eigenvalue weighted by Crippen LogP contribution is 2.21. The Morgan fingerprint density at radius 2 is 2.05 bits per heavy atom. The molecule has 0 amide bonds. The average Bonchev–Trinajstić information content (AvgIpc) is 2.85. The number of carboxylic acids is 1. The van der Waals surface area contributed by atoms with Crippen molar-refractivity contribution in [1.29, 1.82) is 0 Å². The zero-order valence-electron chi connectivity index (χ0n) is 11.3. The monoisotopic (exact) mass is 312 g/mol. The second-order valence-corrected chi connectivity index (χ2v) is 5.30. The Morgan fingerprint density at radius 1 is 1.38 bits per heavy atom. The van der Waals surface area contributed by atoms with E-state index in [1.165, 1.54) is 24.6 Å². The average molecular weight is 312 g/mol. The van der Waals surface area contributed by atoms with Crippen LogP contribution in [-0.4, -0.2) is 32.8 Å². The molecule has 0 unspecified atom stereocenters. The predicted molar refractivity (Wildman–Crippen MR) is 74.9 cm³/mol. The highest BCUT2D eigenvalue weighted by molar-refractivity contribution is 7.20. The minimum Gasteiger partial charge on any atom is -0.477 e. The van der Waals surface area contributed by atoms with Gasteiger partial charge in [0.25, 0.3) is 5.56 Å². The van der Waals surface area contributed by atoms with E-state index in [9.17, 15) is 19.2 Å². The molecule has 0 saturated heterocycles. The maximum atomic E-state index is 12.2. The molecular formula is C12H12N2O6S. The summed E-state index contributed by atoms with van der Waals surface area (Å²) in [5.41, 5.74) is -1.18. The van der Waals surface area contributed by atoms with Gasteiger partial charge in [0.05, 0.1) is 11.9 Å². The van der Waals surface area contributed by atoms with Crippen molar-refractivity contribution in [2.75, 3.05) is 6.61 Å². The summed E-state index contributed by atoms with van der Waals surface area (Å²) in [4.78, 5) is 46.3. The van der Waals surface area contributed by atoms with Crippen molar-refractivity contribution in [3.8, 4) is 0 Å². The van der Waals surface area contributed by atoms with Crippen LogP contribution in [0.1, 0.15) is 16.6 Å². The first-order valence-corrected chi connectivity index (χ1v) is 6.74. The molecule has 0 aromatic carbocycles. The fraction of sp³-hybridized carbons (Fsp3) is 0.333. The number of esters is 1. The van der Waals surface area contributed by atoms with Crippen LogP contribution < -0.4 is 11.2 Å². The van der Waals surface area contributed by atoms with E-state index in [0.29, 0.717) is 4.83 Å². The first-order valence-electron chi connectivity index (χ1n) is 5.93. The van der Waals surface area contributed by atoms with Crippen LogP contribution in [0.15, 0.2) is 15.7 Å². The van der Waals surface area contributed by atoms with Gasteiger partial charge in [-0.15, -0.1) is 11.3 Å². The number of carbonyl (C=O) groups excluding carboxylic acids is 1. The van der Waals surface area contributed by atoms with Crippen LogP contribution in [0.5, 0.6) is 0 Å². The van der Waals surface area contributed by atoms with Crippen molar-refractivity contribution in [3.63, 3.8) is 0 Å². The quantitative estimate of drug-likeness (QED) is 0.798. The summed E-state index contributed by atoms with van der Waals surface area (Å²) in [5.74, 6) is -1.67. The molecule has 9 heteroatoms. The van der Waals surface area contributed by atoms with Gasteiger partial charge < -0.3 is 9.84 Å². The number of rotatable bonds is 4. The Bertz CT molecular complexity index is 844. The van der Waals surface area contributed by atoms with Crippen molar-refractivity contribution >= 4 is 33.5 Å². The van der Waals surface area contributed by atoms with E-state index < -0.39 is 23.2 Å². The van der Waals surface area contributed by atoms with Crippen molar-refractivity contribution in [2.24, 2.45) is 7.05 Å². The van der Waals surface area contributed by atoms with Crippen molar-refractivity contribution in [3.05, 3.63) is 31.8 Å². The molecule has 2 aromatic heterocycles. The molecule has 0 aliphatic carbocycles. The topological polar surface area (TPSA) is 108 Å². The maximum Gasteiger partial charge on any atom is 0.345 e. The highest BCUT2D eigenvalue weighted by Gasteiger charge is 2.17. The molecule has 0 aliphatic rings. The third-order valence-corrected chi connectivity index (χ3v) is 4.04. The summed E-state index contributed by atoms with van der Waals surface area (Å²) >= 11 is 0.862. The first-order chi connectivity index (χ1) is 9.82. The van der Waals surface area contributed by atoms with E-state index in [1.54, 1.807) is 0 Å². The van der Waals surface area contributed by atoms with Crippen LogP contribution >= 0.6 is 11.3 Å². The van der Waals surface area contributed by atoms with Gasteiger partial charge in [0, 0.05) is 14.0 Å². The second-order valence-electron chi connectivity index (χ2n) is 4.27. The van der Waals surface area contributed by atoms with Crippen molar-refractivity contribution in [2.45, 2.75) is 13.5 Å². The fourth-order valence-corrected chi connectivity index (χ4v) is 2.81. The van der Waals surface area contributed by atoms with Gasteiger partial charge in [0.2, 0.25) is 0 Å². The maximum absolute atomic E-state index is 12.2. The van der Waals surface area contributed by atoms with Crippen LogP contribution in [0.4, 0.5) is 0 Å². The number of carbonyl (C=O) groups is 2. The summed E-state index contributed by atoms with van der Waals surface area (Å²) in [5, 5.41) is 9.12. The number of hydrogen-bond donors (Lipinski definition) is 1. The summed E-state index contributed by atoms with van der Waals surface area (Å²) in [6.07, 6.45) is 0. The largest absolute Gasteiger partial charge is 0.477 e. The normalized spacial score (nSPS) is 10.8. The van der Waals surface area contributed by atoms with E-state index in [0.717, 1.165) is 15.9 Å². The number of aromatic carboxylic acids is 1. The predicted octanol–water partition coefficient (Wildman–Crippen LogP) is 0.0230. The number of carboxylic acid groups (broad SMARTS) is 1. The molecule has 0 spiro atoms. The number of aryl methyl sites for hydroxylation is 1. The van der Waals surface area contributed by atoms with Crippen LogP contribution in [-0.2, 0) is 23.1 Å². The summed E-state index contributed by atoms with van der Waals surface area (Å²) in [7, 11) is 1.45. The number of hydrogen-bond acceptors (Lipinski definition) is 6. The van der Waals surface area contributed by atoms with E-state index in [2.05, 4.69) is 0 Å². The van der Waals surface area contributed by atoms with Gasteiger partial charge in [-0.2, -0.15) is 0 Å². The van der Waals surface area contributed by atoms with E-state index >= 15 is 0 Å². The molecule has 0 aliphatic heterocycles. The molecule has 1 N–H and O–H groups in total. The number of aromatic nitrogens is 2. The number of nitrogens with zero attached hydrogens (tertiary/aromatic N) is 2. The molecule has 0 bridgehead atoms. The number of fused-ring (bicyclic) bond motifs is 1. The Kier molecular flexibility index (Phi) is 3.94. The fourth-order valence-electron chi connectivity index (χ4n) is 1.87. The van der Waals surface area contributed by atoms with Gasteiger partial charge >= 0.3 is 17.6 Å². The SMILES string of the molecule is CC(=O)OCCn1c(=O)c2cc(C(=O)O)sc2n(C)c1=O. The number of thiophene rings is 1. The molecule has 21 heavy (non-hydrogen) atoms. The molecule has 2 rings (SSSR count). The van der Waals surface area contributed by atoms with Gasteiger partial charge in [-0.25, -0.2) is 9.59 Å². The van der Waals surface area contributed by atoms with E-state index in [4.69, 9.17) is 9.84 Å². The summed E-state index contributed by atoms with van der Waals surface area (Å²) in [6.45, 7) is 1.03. The zero-order valence-corrected chi connectivity index (χ0v) is 12.1. The van der Waals surface area contributed by atoms with Gasteiger partial charge in [-0.1, -0.05) is 0 Å². The molecule has 8 nitrogen and oxygen atoms in total. The Morgan fingerprint density at radius 3 is 2.62 bits per heavy atom. The summed E-state index contributed by atoms with van der Waals surface area (Å²) < 4.78 is 6.84. The zero-order chi connectivity index (χ0) is 15.7. The van der Waals surface area contributed by atoms with Crippen LogP contribution in [0, 0.1) is 0 Å². The second kappa shape index (κ2) is 5.52. The van der Waals surface area contributed by atoms with Gasteiger partial charge in [-0.05, 0) is 6.07 Å². The molecule has 2 heterocycles. The van der Waals surface area contributed by atoms with E-state index in [1.807, 2.05) is 0 Å². The highest BCUT2D eigenvalue weighted by atomic mass is 32.1. The van der Waals surface area contributed by atoms with Gasteiger partial charge in [0.15, 0.2) is 0 Å². The Labute approximate surface area is 121 Å². The lowest BCUT2D eigenvalue weighted by molar-refractivity contribution is -0.141. The first kappa shape index (κ1) is 15.0. The molecule has 0 atom stereocenters. The third kappa shape index (κ3) is 2.72. The minimum absolute atomic E-state index is 0.0187. The van der Waals surface area contributed by atoms with Crippen molar-refractivity contribution < 1.29 is 19.4 Å². The molecule has 0 radical (unpaired) electrons. The lowest BCUT2D eigenvalue weighted by Crippen LogP contribution is -2.39. The molecule has 0 saturated carbocycles. The van der Waals surface area contributed by atoms with Crippen LogP contribution in [0.25, 0.3) is 10.2 Å². The minimum atomic E-state index is -1.16. The number of ether oxygens (including phenoxy) is 1. The lowest BCUT2D eigenvalue weighted by Gasteiger charge is -2.08. The Balaban J connectivity index is 2.57. The molecule has 112 valence electrons.